The summed E-state index contributed by atoms with van der Waals surface area (Å²) in [5.74, 6) is -0.763. The van der Waals surface area contributed by atoms with Gasteiger partial charge in [0, 0.05) is 30.8 Å². The lowest BCUT2D eigenvalue weighted by atomic mass is 10.2. The van der Waals surface area contributed by atoms with Gasteiger partial charge in [-0.1, -0.05) is 11.6 Å². The van der Waals surface area contributed by atoms with Gasteiger partial charge < -0.3 is 15.2 Å². The third kappa shape index (κ3) is 6.76. The van der Waals surface area contributed by atoms with Gasteiger partial charge in [-0.05, 0) is 42.9 Å². The van der Waals surface area contributed by atoms with Crippen LogP contribution in [-0.4, -0.2) is 36.0 Å². The second kappa shape index (κ2) is 9.93. The zero-order valence-electron chi connectivity index (χ0n) is 12.4. The SMILES string of the molecule is CCOCCCNC(=S)N/N=C\c1cc(Cl)cc([N+](=O)[O-])c1[O-]. The Morgan fingerprint density at radius 2 is 2.30 bits per heavy atom. The second-order valence-electron chi connectivity index (χ2n) is 4.28. The summed E-state index contributed by atoms with van der Waals surface area (Å²) in [5.41, 5.74) is 1.91. The zero-order valence-corrected chi connectivity index (χ0v) is 13.9. The highest BCUT2D eigenvalue weighted by Gasteiger charge is 2.11. The van der Waals surface area contributed by atoms with Crippen LogP contribution in [0.4, 0.5) is 5.69 Å². The van der Waals surface area contributed by atoms with Crippen LogP contribution in [0.3, 0.4) is 0 Å². The van der Waals surface area contributed by atoms with Crippen LogP contribution in [-0.2, 0) is 4.74 Å². The first-order valence-corrected chi connectivity index (χ1v) is 7.54. The molecule has 0 heterocycles. The topological polar surface area (TPSA) is 112 Å². The minimum absolute atomic E-state index is 0.00385. The van der Waals surface area contributed by atoms with Gasteiger partial charge in [0.1, 0.15) is 0 Å². The number of nitrogens with zero attached hydrogens (tertiary/aromatic N) is 2. The molecule has 2 N–H and O–H groups in total. The van der Waals surface area contributed by atoms with Crippen LogP contribution in [0.15, 0.2) is 17.2 Å². The molecule has 0 aliphatic heterocycles. The lowest BCUT2D eigenvalue weighted by Crippen LogP contribution is -2.33. The van der Waals surface area contributed by atoms with Crippen LogP contribution < -0.4 is 15.8 Å². The highest BCUT2D eigenvalue weighted by Crippen LogP contribution is 2.29. The van der Waals surface area contributed by atoms with Crippen molar-refractivity contribution in [3.63, 3.8) is 0 Å². The van der Waals surface area contributed by atoms with Crippen LogP contribution in [0.25, 0.3) is 0 Å². The number of benzene rings is 1. The Labute approximate surface area is 143 Å². The van der Waals surface area contributed by atoms with Crippen molar-refractivity contribution in [2.75, 3.05) is 19.8 Å². The van der Waals surface area contributed by atoms with E-state index in [-0.39, 0.29) is 15.7 Å². The van der Waals surface area contributed by atoms with Gasteiger partial charge in [0.2, 0.25) is 0 Å². The second-order valence-corrected chi connectivity index (χ2v) is 5.12. The van der Waals surface area contributed by atoms with Gasteiger partial charge in [0.15, 0.2) is 5.11 Å². The average molecular weight is 360 g/mol. The molecule has 0 unspecified atom stereocenters. The molecular weight excluding hydrogens is 344 g/mol. The average Bonchev–Trinajstić information content (AvgIpc) is 2.49. The van der Waals surface area contributed by atoms with E-state index in [4.69, 9.17) is 28.6 Å². The van der Waals surface area contributed by atoms with Crippen LogP contribution >= 0.6 is 23.8 Å². The highest BCUT2D eigenvalue weighted by atomic mass is 35.5. The highest BCUT2D eigenvalue weighted by molar-refractivity contribution is 7.80. The zero-order chi connectivity index (χ0) is 17.2. The smallest absolute Gasteiger partial charge is 0.263 e. The molecule has 10 heteroatoms. The van der Waals surface area contributed by atoms with E-state index in [2.05, 4.69) is 15.8 Å². The van der Waals surface area contributed by atoms with Crippen molar-refractivity contribution >= 4 is 40.8 Å². The number of hydrogen-bond donors (Lipinski definition) is 2. The van der Waals surface area contributed by atoms with Crippen LogP contribution in [0.1, 0.15) is 18.9 Å². The monoisotopic (exact) mass is 359 g/mol. The standard InChI is InChI=1S/C13H17ClN4O4S/c1-2-22-5-3-4-15-13(23)17-16-8-9-6-10(14)7-11(12(9)19)18(20)21/h6-8,19H,2-5H2,1H3,(H2,15,17,23)/p-1/b16-8-. The largest absolute Gasteiger partial charge is 0.867 e. The van der Waals surface area contributed by atoms with E-state index >= 15 is 0 Å². The van der Waals surface area contributed by atoms with Gasteiger partial charge in [-0.15, -0.1) is 0 Å². The summed E-state index contributed by atoms with van der Waals surface area (Å²) < 4.78 is 5.17. The van der Waals surface area contributed by atoms with Gasteiger partial charge >= 0.3 is 0 Å². The molecule has 8 nitrogen and oxygen atoms in total. The Morgan fingerprint density at radius 3 is 2.96 bits per heavy atom. The van der Waals surface area contributed by atoms with Crippen molar-refractivity contribution in [3.05, 3.63) is 32.8 Å². The van der Waals surface area contributed by atoms with E-state index in [0.29, 0.717) is 19.8 Å². The molecule has 0 bridgehead atoms. The molecule has 0 fully saturated rings. The summed E-state index contributed by atoms with van der Waals surface area (Å²) in [7, 11) is 0. The number of halogens is 1. The third-order valence-corrected chi connectivity index (χ3v) is 3.04. The number of hydrogen-bond acceptors (Lipinski definition) is 6. The molecule has 0 atom stereocenters. The Balaban J connectivity index is 2.55. The normalized spacial score (nSPS) is 10.7. The molecular formula is C13H16ClN4O4S-. The van der Waals surface area contributed by atoms with Crippen molar-refractivity contribution in [2.45, 2.75) is 13.3 Å². The number of nitro benzene ring substituents is 1. The molecule has 0 saturated carbocycles. The predicted molar refractivity (Wildman–Crippen MR) is 90.0 cm³/mol. The molecule has 0 aliphatic rings. The van der Waals surface area contributed by atoms with Crippen molar-refractivity contribution in [1.29, 1.82) is 0 Å². The molecule has 1 rings (SSSR count). The number of thiocarbonyl (C=S) groups is 1. The van der Waals surface area contributed by atoms with E-state index in [1.54, 1.807) is 0 Å². The van der Waals surface area contributed by atoms with Crippen LogP contribution in [0, 0.1) is 10.1 Å². The van der Waals surface area contributed by atoms with Crippen molar-refractivity contribution < 1.29 is 14.8 Å². The number of ether oxygens (including phenoxy) is 1. The van der Waals surface area contributed by atoms with Gasteiger partial charge in [-0.3, -0.25) is 15.5 Å². The van der Waals surface area contributed by atoms with Gasteiger partial charge in [-0.25, -0.2) is 0 Å². The number of nitro groups is 1. The van der Waals surface area contributed by atoms with Gasteiger partial charge in [-0.2, -0.15) is 5.10 Å². The first kappa shape index (κ1) is 19.1. The lowest BCUT2D eigenvalue weighted by molar-refractivity contribution is -0.398. The lowest BCUT2D eigenvalue weighted by Gasteiger charge is -2.11. The van der Waals surface area contributed by atoms with Crippen molar-refractivity contribution in [2.24, 2.45) is 5.10 Å². The van der Waals surface area contributed by atoms with Crippen LogP contribution in [0.2, 0.25) is 5.02 Å². The summed E-state index contributed by atoms with van der Waals surface area (Å²) in [6.07, 6.45) is 1.92. The first-order chi connectivity index (χ1) is 11.0. The molecule has 0 saturated heterocycles. The molecule has 126 valence electrons. The molecule has 0 amide bonds. The van der Waals surface area contributed by atoms with E-state index in [1.807, 2.05) is 6.92 Å². The van der Waals surface area contributed by atoms with E-state index in [0.717, 1.165) is 18.7 Å². The summed E-state index contributed by atoms with van der Waals surface area (Å²) >= 11 is 10.7. The molecule has 0 radical (unpaired) electrons. The minimum Gasteiger partial charge on any atom is -0.867 e. The Bertz CT molecular complexity index is 598. The summed E-state index contributed by atoms with van der Waals surface area (Å²) in [5, 5.41) is 29.6. The summed E-state index contributed by atoms with van der Waals surface area (Å²) in [6, 6.07) is 2.29. The van der Waals surface area contributed by atoms with Gasteiger partial charge in [0.05, 0.1) is 11.1 Å². The van der Waals surface area contributed by atoms with E-state index < -0.39 is 16.4 Å². The van der Waals surface area contributed by atoms with Gasteiger partial charge in [0.25, 0.3) is 5.69 Å². The Morgan fingerprint density at radius 1 is 1.57 bits per heavy atom. The third-order valence-electron chi connectivity index (χ3n) is 2.58. The molecule has 0 aliphatic carbocycles. The number of nitrogens with one attached hydrogen (secondary N) is 2. The molecule has 0 aromatic heterocycles. The Kier molecular flexibility index (Phi) is 8.23. The summed E-state index contributed by atoms with van der Waals surface area (Å²) in [4.78, 5) is 9.96. The maximum absolute atomic E-state index is 11.8. The van der Waals surface area contributed by atoms with Crippen LogP contribution in [0.5, 0.6) is 5.75 Å². The predicted octanol–water partition coefficient (Wildman–Crippen LogP) is 1.55. The fourth-order valence-corrected chi connectivity index (χ4v) is 1.93. The summed E-state index contributed by atoms with van der Waals surface area (Å²) in [6.45, 7) is 3.81. The van der Waals surface area contributed by atoms with Crippen molar-refractivity contribution in [3.8, 4) is 5.75 Å². The quantitative estimate of drug-likeness (QED) is 0.238. The fraction of sp³-hybridized carbons (Fsp3) is 0.385. The number of rotatable bonds is 8. The van der Waals surface area contributed by atoms with E-state index in [9.17, 15) is 15.2 Å². The maximum atomic E-state index is 11.8. The first-order valence-electron chi connectivity index (χ1n) is 6.75. The minimum atomic E-state index is -0.788. The van der Waals surface area contributed by atoms with Crippen molar-refractivity contribution in [1.82, 2.24) is 10.7 Å². The molecule has 0 spiro atoms. The molecule has 1 aromatic rings. The number of hydrazone groups is 1. The maximum Gasteiger partial charge on any atom is 0.263 e. The molecule has 1 aromatic carbocycles. The fourth-order valence-electron chi connectivity index (χ4n) is 1.55. The van der Waals surface area contributed by atoms with E-state index in [1.165, 1.54) is 6.07 Å². The molecule has 23 heavy (non-hydrogen) atoms. The Hall–Kier alpha value is -1.97.